The van der Waals surface area contributed by atoms with E-state index in [0.29, 0.717) is 5.92 Å². The maximum Gasteiger partial charge on any atom is 0.107 e. The number of aromatic nitrogens is 1. The third-order valence-corrected chi connectivity index (χ3v) is 5.01. The number of piperidine rings is 1. The third kappa shape index (κ3) is 4.25. The maximum atomic E-state index is 5.30. The number of ether oxygens (including phenoxy) is 1. The standard InChI is InChI=1S/C15H25N3OS/c1-19-10-12-3-2-6-18(8-12)9-14-11-20-15(17-14)7-16-13-4-5-13/h11-13,16H,2-10H2,1H3. The van der Waals surface area contributed by atoms with Crippen LogP contribution in [0.1, 0.15) is 36.4 Å². The predicted molar refractivity (Wildman–Crippen MR) is 81.9 cm³/mol. The molecule has 1 saturated carbocycles. The monoisotopic (exact) mass is 295 g/mol. The number of thiazole rings is 1. The highest BCUT2D eigenvalue weighted by Gasteiger charge is 2.22. The molecule has 1 aliphatic carbocycles. The molecule has 1 unspecified atom stereocenters. The molecule has 0 aromatic carbocycles. The van der Waals surface area contributed by atoms with Gasteiger partial charge in [-0.1, -0.05) is 0 Å². The van der Waals surface area contributed by atoms with Gasteiger partial charge < -0.3 is 10.1 Å². The average Bonchev–Trinajstić information content (AvgIpc) is 3.18. The van der Waals surface area contributed by atoms with Gasteiger partial charge in [0, 0.05) is 38.2 Å². The summed E-state index contributed by atoms with van der Waals surface area (Å²) < 4.78 is 5.30. The Morgan fingerprint density at radius 3 is 3.15 bits per heavy atom. The third-order valence-electron chi connectivity index (χ3n) is 4.11. The lowest BCUT2D eigenvalue weighted by molar-refractivity contribution is 0.0868. The molecule has 2 aliphatic rings. The van der Waals surface area contributed by atoms with Crippen LogP contribution in [-0.2, 0) is 17.8 Å². The Bertz CT molecular complexity index is 417. The van der Waals surface area contributed by atoms with E-state index < -0.39 is 0 Å². The first-order valence-electron chi connectivity index (χ1n) is 7.71. The Morgan fingerprint density at radius 1 is 1.45 bits per heavy atom. The summed E-state index contributed by atoms with van der Waals surface area (Å²) in [7, 11) is 1.80. The van der Waals surface area contributed by atoms with Gasteiger partial charge in [0.2, 0.25) is 0 Å². The van der Waals surface area contributed by atoms with E-state index in [4.69, 9.17) is 9.72 Å². The first-order chi connectivity index (χ1) is 9.83. The Hall–Kier alpha value is -0.490. The first kappa shape index (κ1) is 14.4. The average molecular weight is 295 g/mol. The molecule has 1 aromatic heterocycles. The fourth-order valence-corrected chi connectivity index (χ4v) is 3.65. The zero-order valence-electron chi connectivity index (χ0n) is 12.3. The van der Waals surface area contributed by atoms with Crippen molar-refractivity contribution in [2.45, 2.75) is 44.8 Å². The molecule has 112 valence electrons. The SMILES string of the molecule is COCC1CCCN(Cc2csc(CNC3CC3)n2)C1. The van der Waals surface area contributed by atoms with Gasteiger partial charge in [-0.15, -0.1) is 11.3 Å². The highest BCUT2D eigenvalue weighted by molar-refractivity contribution is 7.09. The number of likely N-dealkylation sites (tertiary alicyclic amines) is 1. The van der Waals surface area contributed by atoms with E-state index in [1.54, 1.807) is 18.4 Å². The molecule has 1 aliphatic heterocycles. The summed E-state index contributed by atoms with van der Waals surface area (Å²) in [6.45, 7) is 5.19. The van der Waals surface area contributed by atoms with E-state index in [-0.39, 0.29) is 0 Å². The molecule has 2 heterocycles. The summed E-state index contributed by atoms with van der Waals surface area (Å²) >= 11 is 1.79. The van der Waals surface area contributed by atoms with Crippen LogP contribution in [0.3, 0.4) is 0 Å². The number of nitrogens with one attached hydrogen (secondary N) is 1. The van der Waals surface area contributed by atoms with Crippen molar-refractivity contribution in [3.8, 4) is 0 Å². The molecule has 5 heteroatoms. The molecule has 2 fully saturated rings. The summed E-state index contributed by atoms with van der Waals surface area (Å²) in [4.78, 5) is 7.29. The normalized spacial score (nSPS) is 24.1. The van der Waals surface area contributed by atoms with Crippen LogP contribution in [0.25, 0.3) is 0 Å². The molecule has 20 heavy (non-hydrogen) atoms. The van der Waals surface area contributed by atoms with Crippen molar-refractivity contribution in [2.24, 2.45) is 5.92 Å². The second-order valence-electron chi connectivity index (χ2n) is 6.09. The molecule has 0 amide bonds. The van der Waals surface area contributed by atoms with Gasteiger partial charge in [0.1, 0.15) is 5.01 Å². The van der Waals surface area contributed by atoms with Gasteiger partial charge in [-0.05, 0) is 38.1 Å². The Kier molecular flexibility index (Phi) is 5.04. The molecular formula is C15H25N3OS. The quantitative estimate of drug-likeness (QED) is 0.837. The van der Waals surface area contributed by atoms with Crippen LogP contribution >= 0.6 is 11.3 Å². The summed E-state index contributed by atoms with van der Waals surface area (Å²) in [6.07, 6.45) is 5.27. The van der Waals surface area contributed by atoms with Gasteiger partial charge in [-0.25, -0.2) is 4.98 Å². The predicted octanol–water partition coefficient (Wildman–Crippen LogP) is 2.25. The maximum absolute atomic E-state index is 5.30. The number of rotatable bonds is 7. The minimum Gasteiger partial charge on any atom is -0.384 e. The smallest absolute Gasteiger partial charge is 0.107 e. The largest absolute Gasteiger partial charge is 0.384 e. The van der Waals surface area contributed by atoms with Gasteiger partial charge in [0.25, 0.3) is 0 Å². The first-order valence-corrected chi connectivity index (χ1v) is 8.59. The minimum absolute atomic E-state index is 0.698. The molecule has 1 saturated heterocycles. The number of hydrogen-bond acceptors (Lipinski definition) is 5. The highest BCUT2D eigenvalue weighted by atomic mass is 32.1. The van der Waals surface area contributed by atoms with Crippen LogP contribution in [0.2, 0.25) is 0 Å². The van der Waals surface area contributed by atoms with Gasteiger partial charge in [-0.2, -0.15) is 0 Å². The van der Waals surface area contributed by atoms with Crippen molar-refractivity contribution < 1.29 is 4.74 Å². The second kappa shape index (κ2) is 6.98. The van der Waals surface area contributed by atoms with E-state index in [1.165, 1.54) is 42.9 Å². The molecular weight excluding hydrogens is 270 g/mol. The van der Waals surface area contributed by atoms with E-state index in [1.807, 2.05) is 0 Å². The van der Waals surface area contributed by atoms with E-state index in [2.05, 4.69) is 15.6 Å². The van der Waals surface area contributed by atoms with Crippen LogP contribution in [-0.4, -0.2) is 42.7 Å². The lowest BCUT2D eigenvalue weighted by Gasteiger charge is -2.31. The summed E-state index contributed by atoms with van der Waals surface area (Å²) in [5, 5.41) is 6.99. The molecule has 0 radical (unpaired) electrons. The number of hydrogen-bond donors (Lipinski definition) is 1. The highest BCUT2D eigenvalue weighted by Crippen LogP contribution is 2.21. The number of nitrogens with zero attached hydrogens (tertiary/aromatic N) is 2. The van der Waals surface area contributed by atoms with Crippen molar-refractivity contribution >= 4 is 11.3 Å². The Morgan fingerprint density at radius 2 is 2.35 bits per heavy atom. The summed E-state index contributed by atoms with van der Waals surface area (Å²) in [5.41, 5.74) is 1.24. The van der Waals surface area contributed by atoms with Crippen molar-refractivity contribution in [1.82, 2.24) is 15.2 Å². The Labute approximate surface area is 125 Å². The molecule has 1 aromatic rings. The van der Waals surface area contributed by atoms with Gasteiger partial charge in [0.15, 0.2) is 0 Å². The summed E-state index contributed by atoms with van der Waals surface area (Å²) in [5.74, 6) is 0.698. The van der Waals surface area contributed by atoms with E-state index in [0.717, 1.165) is 32.3 Å². The molecule has 1 N–H and O–H groups in total. The van der Waals surface area contributed by atoms with Crippen LogP contribution in [0, 0.1) is 5.92 Å². The van der Waals surface area contributed by atoms with Crippen molar-refractivity contribution in [1.29, 1.82) is 0 Å². The van der Waals surface area contributed by atoms with Crippen molar-refractivity contribution in [3.63, 3.8) is 0 Å². The lowest BCUT2D eigenvalue weighted by Crippen LogP contribution is -2.36. The fourth-order valence-electron chi connectivity index (χ4n) is 2.92. The molecule has 1 atom stereocenters. The number of methoxy groups -OCH3 is 1. The molecule has 0 bridgehead atoms. The lowest BCUT2D eigenvalue weighted by atomic mass is 9.99. The summed E-state index contributed by atoms with van der Waals surface area (Å²) in [6, 6.07) is 0.763. The minimum atomic E-state index is 0.698. The zero-order chi connectivity index (χ0) is 13.8. The van der Waals surface area contributed by atoms with Gasteiger partial charge >= 0.3 is 0 Å². The van der Waals surface area contributed by atoms with E-state index >= 15 is 0 Å². The van der Waals surface area contributed by atoms with Crippen molar-refractivity contribution in [2.75, 3.05) is 26.8 Å². The van der Waals surface area contributed by atoms with Crippen LogP contribution < -0.4 is 5.32 Å². The van der Waals surface area contributed by atoms with Crippen LogP contribution in [0.4, 0.5) is 0 Å². The van der Waals surface area contributed by atoms with Gasteiger partial charge in [0.05, 0.1) is 12.3 Å². The topological polar surface area (TPSA) is 37.4 Å². The van der Waals surface area contributed by atoms with Crippen LogP contribution in [0.5, 0.6) is 0 Å². The zero-order valence-corrected chi connectivity index (χ0v) is 13.1. The van der Waals surface area contributed by atoms with Crippen LogP contribution in [0.15, 0.2) is 5.38 Å². The van der Waals surface area contributed by atoms with Gasteiger partial charge in [-0.3, -0.25) is 4.90 Å². The molecule has 0 spiro atoms. The molecule has 3 rings (SSSR count). The Balaban J connectivity index is 1.46. The second-order valence-corrected chi connectivity index (χ2v) is 7.03. The van der Waals surface area contributed by atoms with E-state index in [9.17, 15) is 0 Å². The molecule has 4 nitrogen and oxygen atoms in total. The van der Waals surface area contributed by atoms with Crippen molar-refractivity contribution in [3.05, 3.63) is 16.1 Å². The fraction of sp³-hybridized carbons (Fsp3) is 0.800.